The van der Waals surface area contributed by atoms with Crippen molar-refractivity contribution in [2.45, 2.75) is 32.7 Å². The van der Waals surface area contributed by atoms with Crippen LogP contribution in [0.3, 0.4) is 0 Å². The van der Waals surface area contributed by atoms with Crippen molar-refractivity contribution in [3.63, 3.8) is 0 Å². The summed E-state index contributed by atoms with van der Waals surface area (Å²) in [6.45, 7) is 4.75. The molecule has 1 heterocycles. The van der Waals surface area contributed by atoms with Crippen LogP contribution in [0.1, 0.15) is 30.4 Å². The van der Waals surface area contributed by atoms with Gasteiger partial charge in [-0.15, -0.1) is 0 Å². The molecule has 6 nitrogen and oxygen atoms in total. The van der Waals surface area contributed by atoms with Crippen molar-refractivity contribution in [2.24, 2.45) is 10.9 Å². The standard InChI is InChI=1S/C20H33N5O/c1-15-6-7-17(18(12-15)24(4)5)14-23-20(22-3)25-10-8-16(9-11-25)13-19(26)21-2/h6-7,12,16H,8-11,13-14H2,1-5H3,(H,21,26)(H,22,23). The summed E-state index contributed by atoms with van der Waals surface area (Å²) in [5, 5.41) is 6.23. The molecule has 2 N–H and O–H groups in total. The molecule has 0 unspecified atom stereocenters. The van der Waals surface area contributed by atoms with Gasteiger partial charge in [-0.1, -0.05) is 12.1 Å². The molecule has 0 bridgehead atoms. The SMILES string of the molecule is CN=C(NCc1ccc(C)cc1N(C)C)N1CCC(CC(=O)NC)CC1. The molecule has 144 valence electrons. The van der Waals surface area contributed by atoms with Crippen LogP contribution in [-0.2, 0) is 11.3 Å². The van der Waals surface area contributed by atoms with Crippen molar-refractivity contribution in [3.8, 4) is 0 Å². The first-order chi connectivity index (χ1) is 12.4. The van der Waals surface area contributed by atoms with Gasteiger partial charge in [0.05, 0.1) is 0 Å². The Hall–Kier alpha value is -2.24. The topological polar surface area (TPSA) is 60.0 Å². The van der Waals surface area contributed by atoms with Gasteiger partial charge in [0.15, 0.2) is 5.96 Å². The van der Waals surface area contributed by atoms with E-state index in [2.05, 4.69) is 64.6 Å². The third kappa shape index (κ3) is 5.38. The molecule has 1 fully saturated rings. The largest absolute Gasteiger partial charge is 0.377 e. The summed E-state index contributed by atoms with van der Waals surface area (Å²) < 4.78 is 0. The molecule has 2 rings (SSSR count). The molecule has 1 aliphatic heterocycles. The molecule has 1 amide bonds. The second-order valence-electron chi connectivity index (χ2n) is 7.24. The molecule has 1 aromatic rings. The Balaban J connectivity index is 1.92. The number of hydrogen-bond donors (Lipinski definition) is 2. The molecule has 0 atom stereocenters. The zero-order valence-electron chi connectivity index (χ0n) is 16.8. The summed E-state index contributed by atoms with van der Waals surface area (Å²) in [4.78, 5) is 20.5. The van der Waals surface area contributed by atoms with Crippen LogP contribution in [0.5, 0.6) is 0 Å². The maximum Gasteiger partial charge on any atom is 0.220 e. The van der Waals surface area contributed by atoms with Crippen LogP contribution in [0.15, 0.2) is 23.2 Å². The number of carbonyl (C=O) groups excluding carboxylic acids is 1. The highest BCUT2D eigenvalue weighted by Crippen LogP contribution is 2.22. The van der Waals surface area contributed by atoms with Gasteiger partial charge in [-0.3, -0.25) is 9.79 Å². The van der Waals surface area contributed by atoms with E-state index < -0.39 is 0 Å². The van der Waals surface area contributed by atoms with Crippen molar-refractivity contribution < 1.29 is 4.79 Å². The molecule has 1 aromatic carbocycles. The van der Waals surface area contributed by atoms with Crippen molar-refractivity contribution in [1.29, 1.82) is 0 Å². The third-order valence-electron chi connectivity index (χ3n) is 5.04. The summed E-state index contributed by atoms with van der Waals surface area (Å²) in [7, 11) is 7.69. The molecule has 0 aliphatic carbocycles. The number of amides is 1. The van der Waals surface area contributed by atoms with E-state index in [1.165, 1.54) is 16.8 Å². The molecule has 1 saturated heterocycles. The smallest absolute Gasteiger partial charge is 0.220 e. The summed E-state index contributed by atoms with van der Waals surface area (Å²) in [5.41, 5.74) is 3.76. The number of aryl methyl sites for hydroxylation is 1. The lowest BCUT2D eigenvalue weighted by Gasteiger charge is -2.34. The second kappa shape index (κ2) is 9.46. The minimum absolute atomic E-state index is 0.140. The number of guanidine groups is 1. The average Bonchev–Trinajstić information content (AvgIpc) is 2.64. The fraction of sp³-hybridized carbons (Fsp3) is 0.600. The van der Waals surface area contributed by atoms with Crippen LogP contribution >= 0.6 is 0 Å². The highest BCUT2D eigenvalue weighted by molar-refractivity contribution is 5.80. The monoisotopic (exact) mass is 359 g/mol. The number of nitrogens with zero attached hydrogens (tertiary/aromatic N) is 3. The van der Waals surface area contributed by atoms with Crippen LogP contribution in [0.25, 0.3) is 0 Å². The molecule has 1 aliphatic rings. The van der Waals surface area contributed by atoms with Gasteiger partial charge in [0.2, 0.25) is 5.91 Å². The number of anilines is 1. The first-order valence-electron chi connectivity index (χ1n) is 9.37. The number of nitrogens with one attached hydrogen (secondary N) is 2. The minimum Gasteiger partial charge on any atom is -0.377 e. The zero-order chi connectivity index (χ0) is 19.1. The average molecular weight is 360 g/mol. The second-order valence-corrected chi connectivity index (χ2v) is 7.24. The number of hydrogen-bond acceptors (Lipinski definition) is 3. The maximum absolute atomic E-state index is 11.6. The summed E-state index contributed by atoms with van der Waals surface area (Å²) >= 11 is 0. The lowest BCUT2D eigenvalue weighted by Crippen LogP contribution is -2.45. The first kappa shape index (κ1) is 20.1. The molecule has 26 heavy (non-hydrogen) atoms. The number of piperidine rings is 1. The number of carbonyl (C=O) groups is 1. The Morgan fingerprint density at radius 2 is 2.00 bits per heavy atom. The van der Waals surface area contributed by atoms with Crippen molar-refractivity contribution in [3.05, 3.63) is 29.3 Å². The molecule has 0 radical (unpaired) electrons. The Morgan fingerprint density at radius 3 is 2.58 bits per heavy atom. The number of rotatable bonds is 5. The molecule has 0 spiro atoms. The van der Waals surface area contributed by atoms with Crippen LogP contribution in [0.4, 0.5) is 5.69 Å². The predicted octanol–water partition coefficient (Wildman–Crippen LogP) is 1.98. The maximum atomic E-state index is 11.6. The fourth-order valence-electron chi connectivity index (χ4n) is 3.46. The Kier molecular flexibility index (Phi) is 7.30. The minimum atomic E-state index is 0.140. The molecular weight excluding hydrogens is 326 g/mol. The normalized spacial score (nSPS) is 15.7. The van der Waals surface area contributed by atoms with Crippen LogP contribution in [-0.4, -0.2) is 58.0 Å². The number of aliphatic imine (C=N–C) groups is 1. The Bertz CT molecular complexity index is 633. The Morgan fingerprint density at radius 1 is 1.31 bits per heavy atom. The van der Waals surface area contributed by atoms with Crippen molar-refractivity contribution in [1.82, 2.24) is 15.5 Å². The quantitative estimate of drug-likeness (QED) is 0.623. The van der Waals surface area contributed by atoms with Crippen molar-refractivity contribution >= 4 is 17.6 Å². The van der Waals surface area contributed by atoms with E-state index in [0.29, 0.717) is 12.3 Å². The third-order valence-corrected chi connectivity index (χ3v) is 5.04. The van der Waals surface area contributed by atoms with E-state index >= 15 is 0 Å². The van der Waals surface area contributed by atoms with E-state index in [1.54, 1.807) is 7.05 Å². The summed E-state index contributed by atoms with van der Waals surface area (Å²) in [6, 6.07) is 6.54. The van der Waals surface area contributed by atoms with Gasteiger partial charge in [0.25, 0.3) is 0 Å². The van der Waals surface area contributed by atoms with E-state index in [-0.39, 0.29) is 5.91 Å². The van der Waals surface area contributed by atoms with E-state index in [0.717, 1.165) is 38.4 Å². The van der Waals surface area contributed by atoms with Gasteiger partial charge < -0.3 is 20.4 Å². The van der Waals surface area contributed by atoms with Crippen LogP contribution < -0.4 is 15.5 Å². The molecular formula is C20H33N5O. The lowest BCUT2D eigenvalue weighted by atomic mass is 9.93. The zero-order valence-corrected chi connectivity index (χ0v) is 16.8. The lowest BCUT2D eigenvalue weighted by molar-refractivity contribution is -0.121. The van der Waals surface area contributed by atoms with E-state index in [1.807, 2.05) is 7.05 Å². The van der Waals surface area contributed by atoms with E-state index in [9.17, 15) is 4.79 Å². The predicted molar refractivity (Wildman–Crippen MR) is 109 cm³/mol. The molecule has 0 saturated carbocycles. The van der Waals surface area contributed by atoms with Gasteiger partial charge in [-0.2, -0.15) is 0 Å². The highest BCUT2D eigenvalue weighted by atomic mass is 16.1. The highest BCUT2D eigenvalue weighted by Gasteiger charge is 2.23. The summed E-state index contributed by atoms with van der Waals surface area (Å²) in [5.74, 6) is 1.55. The Labute approximate surface area is 157 Å². The number of likely N-dealkylation sites (tertiary alicyclic amines) is 1. The van der Waals surface area contributed by atoms with Gasteiger partial charge in [-0.25, -0.2) is 0 Å². The fourth-order valence-corrected chi connectivity index (χ4v) is 3.46. The van der Waals surface area contributed by atoms with Crippen LogP contribution in [0.2, 0.25) is 0 Å². The van der Waals surface area contributed by atoms with E-state index in [4.69, 9.17) is 0 Å². The molecule has 6 heteroatoms. The van der Waals surface area contributed by atoms with Gasteiger partial charge in [-0.05, 0) is 42.9 Å². The van der Waals surface area contributed by atoms with Crippen molar-refractivity contribution in [2.75, 3.05) is 46.2 Å². The molecule has 0 aromatic heterocycles. The van der Waals surface area contributed by atoms with Gasteiger partial charge in [0.1, 0.15) is 0 Å². The van der Waals surface area contributed by atoms with Gasteiger partial charge >= 0.3 is 0 Å². The van der Waals surface area contributed by atoms with Crippen LogP contribution in [0, 0.1) is 12.8 Å². The summed E-state index contributed by atoms with van der Waals surface area (Å²) in [6.07, 6.45) is 2.69. The van der Waals surface area contributed by atoms with Gasteiger partial charge in [0, 0.05) is 59.9 Å². The number of benzene rings is 1. The first-order valence-corrected chi connectivity index (χ1v) is 9.37.